The van der Waals surface area contributed by atoms with E-state index in [9.17, 15) is 5.11 Å². The number of anilines is 10. The summed E-state index contributed by atoms with van der Waals surface area (Å²) < 4.78 is 10.4. The van der Waals surface area contributed by atoms with E-state index in [1.165, 1.54) is 133 Å². The highest BCUT2D eigenvalue weighted by Crippen LogP contribution is 2.38. The molecule has 0 spiro atoms. The molecule has 536 valence electrons. The summed E-state index contributed by atoms with van der Waals surface area (Å²) in [6.07, 6.45) is 20.5. The quantitative estimate of drug-likeness (QED) is 0.0863. The molecule has 20 rings (SSSR count). The average Bonchev–Trinajstić information content (AvgIpc) is 1.67. The first-order valence-electron chi connectivity index (χ1n) is 37.9. The Kier molecular flexibility index (Phi) is 18.7. The van der Waals surface area contributed by atoms with Gasteiger partial charge in [-0.15, -0.1) is 25.5 Å². The molecule has 0 radical (unpaired) electrons. The molecular weight excluding hydrogens is 1270 g/mol. The van der Waals surface area contributed by atoms with Gasteiger partial charge in [-0.05, 0) is 201 Å². The zero-order valence-corrected chi connectivity index (χ0v) is 60.1. The topological polar surface area (TPSA) is 275 Å². The summed E-state index contributed by atoms with van der Waals surface area (Å²) in [5, 5.41) is 37.1. The number of nitrogen functional groups attached to an aromatic ring is 5. The van der Waals surface area contributed by atoms with Crippen molar-refractivity contribution in [3.8, 4) is 0 Å². The lowest BCUT2D eigenvalue weighted by Gasteiger charge is -2.34. The second kappa shape index (κ2) is 28.2. The third kappa shape index (κ3) is 12.7. The van der Waals surface area contributed by atoms with Crippen molar-refractivity contribution in [1.82, 2.24) is 68.1 Å². The van der Waals surface area contributed by atoms with Crippen LogP contribution in [0.4, 0.5) is 57.5 Å². The van der Waals surface area contributed by atoms with Gasteiger partial charge < -0.3 is 73.4 Å². The van der Waals surface area contributed by atoms with E-state index in [0.717, 1.165) is 228 Å². The number of aryl methyl sites for hydroxylation is 10. The Morgan fingerprint density at radius 2 is 0.713 bits per heavy atom. The number of piperazine rings is 3. The molecule has 10 aromatic heterocycles. The van der Waals surface area contributed by atoms with Crippen LogP contribution in [-0.2, 0) is 64.2 Å². The van der Waals surface area contributed by atoms with Gasteiger partial charge in [-0.2, -0.15) is 0 Å². The largest absolute Gasteiger partial charge is 0.394 e. The molecule has 25 nitrogen and oxygen atoms in total. The Morgan fingerprint density at radius 1 is 0.396 bits per heavy atom. The highest BCUT2D eigenvalue weighted by molar-refractivity contribution is 5.86. The second-order valence-corrected chi connectivity index (χ2v) is 30.1. The molecule has 5 saturated heterocycles. The van der Waals surface area contributed by atoms with E-state index < -0.39 is 0 Å². The third-order valence-electron chi connectivity index (χ3n) is 23.4. The van der Waals surface area contributed by atoms with Crippen LogP contribution in [0.15, 0.2) is 60.7 Å². The molecule has 5 aliphatic heterocycles. The Hall–Kier alpha value is -8.75. The smallest absolute Gasteiger partial charge is 0.175 e. The minimum atomic E-state index is -0.255. The fraction of sp³-hybridized carbons (Fsp3) is 0.539. The van der Waals surface area contributed by atoms with Gasteiger partial charge in [0.15, 0.2) is 29.1 Å². The normalized spacial score (nSPS) is 20.4. The fourth-order valence-corrected chi connectivity index (χ4v) is 17.6. The van der Waals surface area contributed by atoms with Gasteiger partial charge in [-0.25, -0.2) is 22.6 Å². The third-order valence-corrected chi connectivity index (χ3v) is 23.4. The monoisotopic (exact) mass is 1370 g/mol. The number of nitrogens with one attached hydrogen (secondary N) is 1. The molecule has 2 atom stereocenters. The van der Waals surface area contributed by atoms with E-state index in [2.05, 4.69) is 151 Å². The molecule has 0 amide bonds. The lowest BCUT2D eigenvalue weighted by Crippen LogP contribution is -2.46. The van der Waals surface area contributed by atoms with Gasteiger partial charge in [-0.1, -0.05) is 37.3 Å². The van der Waals surface area contributed by atoms with Crippen molar-refractivity contribution in [2.75, 3.05) is 186 Å². The van der Waals surface area contributed by atoms with E-state index in [1.807, 2.05) is 4.52 Å². The van der Waals surface area contributed by atoms with E-state index >= 15 is 0 Å². The van der Waals surface area contributed by atoms with Crippen molar-refractivity contribution in [3.05, 3.63) is 117 Å². The molecule has 5 aliphatic carbocycles. The molecule has 15 heterocycles. The van der Waals surface area contributed by atoms with Gasteiger partial charge >= 0.3 is 0 Å². The van der Waals surface area contributed by atoms with Crippen LogP contribution < -0.4 is 58.5 Å². The number of fused-ring (bicyclic) bond motifs is 15. The first kappa shape index (κ1) is 66.8. The minimum absolute atomic E-state index is 0.255. The SMILES string of the molecule is CCCN1CCN(c2nn3c4c(ccc3c2N)CCC4)CC1.CN(C)C1CCN(c2nn3c4c(ccc3c2N)CCC4)C1.CN1CCN(c2nn3c4c(ccc3c2N)CCC4)CC1.Nc1c(N2CCC(O)C2)nn2c3c(ccc12)CCC3.Nc1c(N2CCNCC2)nn2c3c(ccc12)CCC3. The Morgan fingerprint density at radius 3 is 1.03 bits per heavy atom. The first-order valence-corrected chi connectivity index (χ1v) is 37.9. The number of nitrogens with two attached hydrogens (primary N) is 5. The van der Waals surface area contributed by atoms with Gasteiger partial charge in [0.1, 0.15) is 28.4 Å². The number of hydrogen-bond donors (Lipinski definition) is 7. The Balaban J connectivity index is 0.0000000981. The van der Waals surface area contributed by atoms with E-state index in [-0.39, 0.29) is 6.10 Å². The fourth-order valence-electron chi connectivity index (χ4n) is 17.6. The van der Waals surface area contributed by atoms with Crippen molar-refractivity contribution in [3.63, 3.8) is 0 Å². The molecular formula is C76H106N24O. The van der Waals surface area contributed by atoms with Crippen LogP contribution in [0.1, 0.15) is 115 Å². The van der Waals surface area contributed by atoms with Crippen LogP contribution in [0.5, 0.6) is 0 Å². The van der Waals surface area contributed by atoms with Crippen LogP contribution >= 0.6 is 0 Å². The van der Waals surface area contributed by atoms with E-state index in [0.29, 0.717) is 12.6 Å². The molecule has 10 aromatic rings. The molecule has 2 unspecified atom stereocenters. The van der Waals surface area contributed by atoms with Gasteiger partial charge in [-0.3, -0.25) is 4.90 Å². The summed E-state index contributed by atoms with van der Waals surface area (Å²) in [6, 6.07) is 22.3. The van der Waals surface area contributed by atoms with E-state index in [4.69, 9.17) is 54.2 Å². The summed E-state index contributed by atoms with van der Waals surface area (Å²) in [5.41, 5.74) is 55.0. The maximum atomic E-state index is 9.66. The van der Waals surface area contributed by atoms with Crippen molar-refractivity contribution in [2.45, 2.75) is 135 Å². The van der Waals surface area contributed by atoms with Gasteiger partial charge in [0.25, 0.3) is 0 Å². The summed E-state index contributed by atoms with van der Waals surface area (Å²) >= 11 is 0. The molecule has 101 heavy (non-hydrogen) atoms. The van der Waals surface area contributed by atoms with Crippen molar-refractivity contribution in [1.29, 1.82) is 0 Å². The molecule has 12 N–H and O–H groups in total. The summed E-state index contributed by atoms with van der Waals surface area (Å²) in [6.45, 7) is 19.4. The maximum absolute atomic E-state index is 9.66. The Labute approximate surface area is 592 Å². The minimum Gasteiger partial charge on any atom is -0.394 e. The number of aliphatic hydroxyl groups excluding tert-OH is 1. The first-order chi connectivity index (χ1) is 49.2. The summed E-state index contributed by atoms with van der Waals surface area (Å²) in [4.78, 5) is 18.6. The average molecular weight is 1370 g/mol. The number of aliphatic hydroxyl groups is 1. The van der Waals surface area contributed by atoms with Crippen LogP contribution in [-0.4, -0.2) is 212 Å². The number of nitrogens with zero attached hydrogens (tertiary/aromatic N) is 18. The lowest BCUT2D eigenvalue weighted by atomic mass is 10.2. The lowest BCUT2D eigenvalue weighted by molar-refractivity contribution is 0.198. The number of aromatic nitrogens is 10. The van der Waals surface area contributed by atoms with E-state index in [1.54, 1.807) is 0 Å². The number of likely N-dealkylation sites (N-methyl/N-ethyl adjacent to an activating group) is 2. The van der Waals surface area contributed by atoms with Gasteiger partial charge in [0, 0.05) is 139 Å². The zero-order chi connectivity index (χ0) is 69.2. The summed E-state index contributed by atoms with van der Waals surface area (Å²) in [7, 11) is 6.46. The van der Waals surface area contributed by atoms with Crippen molar-refractivity contribution < 1.29 is 5.11 Å². The second-order valence-electron chi connectivity index (χ2n) is 30.1. The molecule has 0 saturated carbocycles. The highest BCUT2D eigenvalue weighted by atomic mass is 16.3. The van der Waals surface area contributed by atoms with Crippen LogP contribution in [0.2, 0.25) is 0 Å². The van der Waals surface area contributed by atoms with Gasteiger partial charge in [0.2, 0.25) is 0 Å². The number of β-amino-alcohol motifs (C(OH)–C–C–N with tert-alkyl or cyclic N) is 1. The maximum Gasteiger partial charge on any atom is 0.175 e. The van der Waals surface area contributed by atoms with Crippen LogP contribution in [0.3, 0.4) is 0 Å². The molecule has 10 aliphatic rings. The summed E-state index contributed by atoms with van der Waals surface area (Å²) in [5.74, 6) is 4.72. The number of rotatable bonds is 8. The predicted molar refractivity (Wildman–Crippen MR) is 409 cm³/mol. The highest BCUT2D eigenvalue weighted by Gasteiger charge is 2.32. The number of pyridine rings is 5. The van der Waals surface area contributed by atoms with Crippen molar-refractivity contribution in [2.24, 2.45) is 0 Å². The van der Waals surface area contributed by atoms with Crippen molar-refractivity contribution >= 4 is 85.1 Å². The van der Waals surface area contributed by atoms with Crippen LogP contribution in [0, 0.1) is 0 Å². The molecule has 0 aromatic carbocycles. The Bertz CT molecular complexity index is 4550. The molecule has 0 bridgehead atoms. The van der Waals surface area contributed by atoms with Gasteiger partial charge in [0.05, 0.1) is 33.7 Å². The standard InChI is InChI=1S/C17H25N5.C16H23N5.C15H21N5.C14H19N5.C14H18N4O/c1-2-8-20-9-11-21(12-10-20)17-16(18)15-7-6-13-4-3-5-14(13)22(15)19-17;1-19(2)12-8-9-20(10-12)16-15(17)14-7-6-11-4-3-5-13(11)21(14)18-16;1-18-7-9-19(10-8-18)15-14(16)13-6-5-11-3-2-4-12(11)20(13)17-15;15-13-12-5-4-10-2-1-3-11(10)19(12)17-14(13)18-8-6-16-7-9-18;15-13-12-5-4-9-2-1-3-11(9)18(12)16-14(13)17-7-6-10(19)8-17/h6-7H,2-5,8-12,18H2,1H3;6-7,12H,3-5,8-10,17H2,1-2H3;5-6H,2-4,7-10,16H2,1H3;4-5,16H,1-3,6-9,15H2;4-5,10,19H,1-3,6-8,15H2. The predicted octanol–water partition coefficient (Wildman–Crippen LogP) is 6.43. The number of hydrogen-bond acceptors (Lipinski definition) is 20. The van der Waals surface area contributed by atoms with Crippen LogP contribution in [0.25, 0.3) is 27.6 Å². The molecule has 25 heteroatoms. The molecule has 5 fully saturated rings. The zero-order valence-electron chi connectivity index (χ0n) is 60.1.